The Morgan fingerprint density at radius 3 is 2.50 bits per heavy atom. The van der Waals surface area contributed by atoms with Gasteiger partial charge in [0.1, 0.15) is 17.5 Å². The standard InChI is InChI=1S/C25H34FN3O4Si/c1-8-32-21-12-10-17-19(28-21)13-14-29(24(31)33-25(2,3)4)22(17)23(30)27-16-9-11-20(18(26)15-16)34(5,6)7/h9-12,15,22H,8,13-14H2,1-7H3,(H,27,30)/t22-/m0/s1. The molecule has 1 aliphatic rings. The van der Waals surface area contributed by atoms with E-state index in [1.807, 2.05) is 6.92 Å². The van der Waals surface area contributed by atoms with Crippen LogP contribution >= 0.6 is 0 Å². The molecule has 184 valence electrons. The van der Waals surface area contributed by atoms with Gasteiger partial charge < -0.3 is 14.8 Å². The largest absolute Gasteiger partial charge is 0.478 e. The fourth-order valence-electron chi connectivity index (χ4n) is 3.90. The number of hydrogen-bond donors (Lipinski definition) is 1. The maximum absolute atomic E-state index is 14.8. The van der Waals surface area contributed by atoms with Gasteiger partial charge in [-0.25, -0.2) is 14.2 Å². The fourth-order valence-corrected chi connectivity index (χ4v) is 5.28. The summed E-state index contributed by atoms with van der Waals surface area (Å²) in [4.78, 5) is 32.4. The van der Waals surface area contributed by atoms with Crippen molar-refractivity contribution in [3.63, 3.8) is 0 Å². The first-order chi connectivity index (χ1) is 15.8. The number of benzene rings is 1. The molecule has 0 saturated heterocycles. The van der Waals surface area contributed by atoms with Gasteiger partial charge in [0, 0.05) is 30.3 Å². The molecule has 1 aromatic carbocycles. The van der Waals surface area contributed by atoms with Crippen molar-refractivity contribution >= 4 is 30.9 Å². The van der Waals surface area contributed by atoms with Gasteiger partial charge in [0.2, 0.25) is 5.88 Å². The van der Waals surface area contributed by atoms with Crippen LogP contribution in [0.5, 0.6) is 5.88 Å². The van der Waals surface area contributed by atoms with Crippen LogP contribution in [-0.4, -0.2) is 48.7 Å². The average molecular weight is 488 g/mol. The van der Waals surface area contributed by atoms with Gasteiger partial charge in [-0.3, -0.25) is 9.69 Å². The molecule has 0 radical (unpaired) electrons. The molecule has 2 heterocycles. The highest BCUT2D eigenvalue weighted by molar-refractivity contribution is 6.88. The van der Waals surface area contributed by atoms with Crippen LogP contribution in [0.25, 0.3) is 0 Å². The number of carbonyl (C=O) groups is 2. The van der Waals surface area contributed by atoms with E-state index in [1.54, 1.807) is 45.0 Å². The first-order valence-electron chi connectivity index (χ1n) is 11.5. The van der Waals surface area contributed by atoms with E-state index in [4.69, 9.17) is 9.47 Å². The summed E-state index contributed by atoms with van der Waals surface area (Å²) in [5.41, 5.74) is 0.897. The summed E-state index contributed by atoms with van der Waals surface area (Å²) in [7, 11) is -1.86. The van der Waals surface area contributed by atoms with Crippen LogP contribution in [0.1, 0.15) is 45.0 Å². The minimum absolute atomic E-state index is 0.255. The Hall–Kier alpha value is -2.94. The van der Waals surface area contributed by atoms with E-state index < -0.39 is 31.7 Å². The van der Waals surface area contributed by atoms with Crippen molar-refractivity contribution in [3.8, 4) is 5.88 Å². The lowest BCUT2D eigenvalue weighted by Crippen LogP contribution is -2.47. The zero-order chi connectivity index (χ0) is 25.3. The van der Waals surface area contributed by atoms with Crippen LogP contribution in [0.2, 0.25) is 19.6 Å². The van der Waals surface area contributed by atoms with Gasteiger partial charge in [-0.1, -0.05) is 25.7 Å². The quantitative estimate of drug-likeness (QED) is 0.622. The molecular formula is C25H34FN3O4Si. The SMILES string of the molecule is CCOc1ccc2c(n1)CCN(C(=O)OC(C)(C)C)[C@@H]2C(=O)Nc1ccc([Si](C)(C)C)c(F)c1. The topological polar surface area (TPSA) is 80.8 Å². The van der Waals surface area contributed by atoms with E-state index in [2.05, 4.69) is 29.9 Å². The molecule has 0 spiro atoms. The second-order valence-corrected chi connectivity index (χ2v) is 15.4. The first kappa shape index (κ1) is 25.7. The second kappa shape index (κ2) is 9.73. The minimum Gasteiger partial charge on any atom is -0.478 e. The number of aromatic nitrogens is 1. The number of halogens is 1. The number of fused-ring (bicyclic) bond motifs is 1. The first-order valence-corrected chi connectivity index (χ1v) is 15.0. The van der Waals surface area contributed by atoms with E-state index in [9.17, 15) is 14.0 Å². The number of nitrogens with zero attached hydrogens (tertiary/aromatic N) is 2. The van der Waals surface area contributed by atoms with E-state index in [0.29, 0.717) is 41.0 Å². The molecule has 3 rings (SSSR count). The Bertz CT molecular complexity index is 1080. The molecule has 0 unspecified atom stereocenters. The van der Waals surface area contributed by atoms with Crippen molar-refractivity contribution in [1.82, 2.24) is 9.88 Å². The number of anilines is 1. The summed E-state index contributed by atoms with van der Waals surface area (Å²) >= 11 is 0. The highest BCUT2D eigenvalue weighted by Gasteiger charge is 2.39. The zero-order valence-electron chi connectivity index (χ0n) is 21.0. The third kappa shape index (κ3) is 5.94. The predicted octanol–water partition coefficient (Wildman–Crippen LogP) is 4.64. The highest BCUT2D eigenvalue weighted by atomic mass is 28.3. The Morgan fingerprint density at radius 2 is 1.91 bits per heavy atom. The van der Waals surface area contributed by atoms with E-state index in [1.165, 1.54) is 11.0 Å². The van der Waals surface area contributed by atoms with E-state index >= 15 is 0 Å². The van der Waals surface area contributed by atoms with E-state index in [-0.39, 0.29) is 12.4 Å². The van der Waals surface area contributed by atoms with Crippen LogP contribution in [0.15, 0.2) is 30.3 Å². The molecule has 1 atom stereocenters. The van der Waals surface area contributed by atoms with Crippen molar-refractivity contribution in [3.05, 3.63) is 47.4 Å². The number of ether oxygens (including phenoxy) is 2. The monoisotopic (exact) mass is 487 g/mol. The molecular weight excluding hydrogens is 453 g/mol. The van der Waals surface area contributed by atoms with E-state index in [0.717, 1.165) is 0 Å². The molecule has 1 aromatic heterocycles. The molecule has 2 aromatic rings. The molecule has 0 bridgehead atoms. The van der Waals surface area contributed by atoms with Crippen molar-refractivity contribution in [2.24, 2.45) is 0 Å². The van der Waals surface area contributed by atoms with Gasteiger partial charge in [0.25, 0.3) is 5.91 Å². The maximum Gasteiger partial charge on any atom is 0.411 e. The number of nitrogens with one attached hydrogen (secondary N) is 1. The smallest absolute Gasteiger partial charge is 0.411 e. The summed E-state index contributed by atoms with van der Waals surface area (Å²) in [5.74, 6) is -0.332. The lowest BCUT2D eigenvalue weighted by atomic mass is 9.96. The predicted molar refractivity (Wildman–Crippen MR) is 133 cm³/mol. The van der Waals surface area contributed by atoms with Crippen molar-refractivity contribution < 1.29 is 23.5 Å². The number of amides is 2. The summed E-state index contributed by atoms with van der Waals surface area (Å²) in [6, 6.07) is 7.23. The Kier molecular flexibility index (Phi) is 7.35. The highest BCUT2D eigenvalue weighted by Crippen LogP contribution is 2.33. The van der Waals surface area contributed by atoms with Gasteiger partial charge in [-0.05, 0) is 51.1 Å². The molecule has 0 saturated carbocycles. The van der Waals surface area contributed by atoms with Gasteiger partial charge in [-0.2, -0.15) is 0 Å². The third-order valence-electron chi connectivity index (χ3n) is 5.39. The molecule has 7 nitrogen and oxygen atoms in total. The Morgan fingerprint density at radius 1 is 1.21 bits per heavy atom. The normalized spacial score (nSPS) is 16.0. The van der Waals surface area contributed by atoms with Crippen LogP contribution in [0.3, 0.4) is 0 Å². The lowest BCUT2D eigenvalue weighted by Gasteiger charge is -2.36. The molecule has 1 aliphatic heterocycles. The Labute approximate surface area is 201 Å². The molecule has 9 heteroatoms. The van der Waals surface area contributed by atoms with Crippen molar-refractivity contribution in [2.45, 2.75) is 65.4 Å². The fraction of sp³-hybridized carbons (Fsp3) is 0.480. The number of carbonyl (C=O) groups excluding carboxylic acids is 2. The van der Waals surface area contributed by atoms with Crippen molar-refractivity contribution in [1.29, 1.82) is 0 Å². The molecule has 2 amide bonds. The molecule has 0 fully saturated rings. The third-order valence-corrected chi connectivity index (χ3v) is 7.41. The van der Waals surface area contributed by atoms with Gasteiger partial charge in [0.05, 0.1) is 20.4 Å². The summed E-state index contributed by atoms with van der Waals surface area (Å²) in [6.45, 7) is 14.1. The van der Waals surface area contributed by atoms with Crippen LogP contribution in [0.4, 0.5) is 14.9 Å². The molecule has 1 N–H and O–H groups in total. The zero-order valence-corrected chi connectivity index (χ0v) is 22.0. The van der Waals surface area contributed by atoms with Crippen LogP contribution < -0.4 is 15.2 Å². The molecule has 34 heavy (non-hydrogen) atoms. The lowest BCUT2D eigenvalue weighted by molar-refractivity contribution is -0.122. The number of pyridine rings is 1. The minimum atomic E-state index is -1.86. The van der Waals surface area contributed by atoms with Crippen molar-refractivity contribution in [2.75, 3.05) is 18.5 Å². The van der Waals surface area contributed by atoms with Gasteiger partial charge in [0.15, 0.2) is 0 Å². The second-order valence-electron chi connectivity index (χ2n) is 10.4. The number of hydrogen-bond acceptors (Lipinski definition) is 5. The summed E-state index contributed by atoms with van der Waals surface area (Å²) < 4.78 is 25.8. The Balaban J connectivity index is 1.95. The van der Waals surface area contributed by atoms with Crippen LogP contribution in [-0.2, 0) is 16.0 Å². The average Bonchev–Trinajstić information content (AvgIpc) is 2.70. The summed E-state index contributed by atoms with van der Waals surface area (Å²) in [5, 5.41) is 3.48. The summed E-state index contributed by atoms with van der Waals surface area (Å²) in [6.07, 6.45) is -0.133. The number of rotatable bonds is 5. The van der Waals surface area contributed by atoms with Gasteiger partial charge in [-0.15, -0.1) is 0 Å². The molecule has 0 aliphatic carbocycles. The van der Waals surface area contributed by atoms with Gasteiger partial charge >= 0.3 is 6.09 Å². The maximum atomic E-state index is 14.8. The van der Waals surface area contributed by atoms with Crippen LogP contribution in [0, 0.1) is 5.82 Å².